The monoisotopic (exact) mass is 352 g/mol. The van der Waals surface area contributed by atoms with Crippen LogP contribution >= 0.6 is 0 Å². The van der Waals surface area contributed by atoms with Gasteiger partial charge in [-0.15, -0.1) is 0 Å². The number of hydrogen-bond acceptors (Lipinski definition) is 3. The highest BCUT2D eigenvalue weighted by atomic mass is 19.4. The number of halogens is 3. The van der Waals surface area contributed by atoms with Gasteiger partial charge < -0.3 is 10.2 Å². The number of alkyl halides is 3. The van der Waals surface area contributed by atoms with Gasteiger partial charge in [-0.3, -0.25) is 9.89 Å². The molecule has 25 heavy (non-hydrogen) atoms. The molecule has 2 aromatic rings. The lowest BCUT2D eigenvalue weighted by Gasteiger charge is -2.30. The van der Waals surface area contributed by atoms with Gasteiger partial charge in [0, 0.05) is 18.1 Å². The minimum Gasteiger partial charge on any atom is -0.311 e. The topological polar surface area (TPSA) is 61.0 Å². The Hall–Kier alpha value is -2.35. The Morgan fingerprint density at radius 1 is 1.24 bits per heavy atom. The lowest BCUT2D eigenvalue weighted by atomic mass is 10.1. The zero-order valence-corrected chi connectivity index (χ0v) is 13.6. The molecule has 1 aromatic heterocycles. The van der Waals surface area contributed by atoms with E-state index in [9.17, 15) is 18.0 Å². The van der Waals surface area contributed by atoms with Gasteiger partial charge in [0.2, 0.25) is 5.91 Å². The summed E-state index contributed by atoms with van der Waals surface area (Å²) in [6.45, 7) is 3.14. The van der Waals surface area contributed by atoms with Crippen LogP contribution < -0.4 is 5.32 Å². The zero-order chi connectivity index (χ0) is 17.9. The fourth-order valence-electron chi connectivity index (χ4n) is 2.64. The molecule has 0 radical (unpaired) electrons. The average molecular weight is 352 g/mol. The third-order valence-electron chi connectivity index (χ3n) is 4.19. The highest BCUT2D eigenvalue weighted by Gasteiger charge is 2.30. The second-order valence-corrected chi connectivity index (χ2v) is 6.09. The summed E-state index contributed by atoms with van der Waals surface area (Å²) in [6, 6.07) is 6.35. The highest BCUT2D eigenvalue weighted by Crippen LogP contribution is 2.30. The Morgan fingerprint density at radius 3 is 2.56 bits per heavy atom. The first-order valence-corrected chi connectivity index (χ1v) is 8.17. The van der Waals surface area contributed by atoms with Crippen molar-refractivity contribution in [2.45, 2.75) is 25.4 Å². The van der Waals surface area contributed by atoms with Gasteiger partial charge in [-0.25, -0.2) is 0 Å². The van der Waals surface area contributed by atoms with Crippen molar-refractivity contribution in [1.82, 2.24) is 15.1 Å². The van der Waals surface area contributed by atoms with Crippen LogP contribution in [-0.2, 0) is 11.0 Å². The molecule has 8 heteroatoms. The number of nitrogens with one attached hydrogen (secondary N) is 2. The van der Waals surface area contributed by atoms with Crippen molar-refractivity contribution in [1.29, 1.82) is 0 Å². The maximum absolute atomic E-state index is 12.6. The number of likely N-dealkylation sites (tertiary alicyclic amines) is 1. The molecule has 1 aliphatic rings. The molecule has 5 nitrogen and oxygen atoms in total. The molecular formula is C17H19F3N4O. The molecule has 1 aliphatic heterocycles. The van der Waals surface area contributed by atoms with Gasteiger partial charge in [0.25, 0.3) is 0 Å². The van der Waals surface area contributed by atoms with Gasteiger partial charge in [-0.2, -0.15) is 18.3 Å². The van der Waals surface area contributed by atoms with E-state index in [4.69, 9.17) is 0 Å². The maximum Gasteiger partial charge on any atom is 0.416 e. The van der Waals surface area contributed by atoms with Crippen molar-refractivity contribution in [3.05, 3.63) is 35.9 Å². The molecule has 2 heterocycles. The second kappa shape index (κ2) is 7.26. The SMILES string of the molecule is O=C(CCCN1CCC1)Nc1cc(-c2ccc(C(F)(F)F)cc2)n[nH]1. The van der Waals surface area contributed by atoms with E-state index in [1.807, 2.05) is 0 Å². The molecule has 0 unspecified atom stereocenters. The molecule has 1 amide bonds. The molecule has 1 saturated heterocycles. The van der Waals surface area contributed by atoms with Crippen molar-refractivity contribution in [2.24, 2.45) is 0 Å². The number of amides is 1. The third kappa shape index (κ3) is 4.60. The summed E-state index contributed by atoms with van der Waals surface area (Å²) in [5.74, 6) is 0.326. The first-order valence-electron chi connectivity index (χ1n) is 8.17. The van der Waals surface area contributed by atoms with Crippen LogP contribution in [0.4, 0.5) is 19.0 Å². The van der Waals surface area contributed by atoms with Gasteiger partial charge in [0.05, 0.1) is 11.3 Å². The molecule has 0 saturated carbocycles. The Kier molecular flexibility index (Phi) is 5.08. The molecular weight excluding hydrogens is 333 g/mol. The van der Waals surface area contributed by atoms with E-state index in [0.29, 0.717) is 23.5 Å². The fraction of sp³-hybridized carbons (Fsp3) is 0.412. The standard InChI is InChI=1S/C17H19F3N4O/c18-17(19,20)13-6-4-12(5-7-13)14-11-15(23-22-14)21-16(25)3-1-8-24-9-2-10-24/h4-7,11H,1-3,8-10H2,(H2,21,22,23,25). The molecule has 0 spiro atoms. The summed E-state index contributed by atoms with van der Waals surface area (Å²) in [7, 11) is 0. The zero-order valence-electron chi connectivity index (χ0n) is 13.6. The second-order valence-electron chi connectivity index (χ2n) is 6.09. The van der Waals surface area contributed by atoms with Crippen LogP contribution in [0.25, 0.3) is 11.3 Å². The number of nitrogens with zero attached hydrogens (tertiary/aromatic N) is 2. The lowest BCUT2D eigenvalue weighted by Crippen LogP contribution is -2.37. The molecule has 134 valence electrons. The molecule has 1 fully saturated rings. The Labute approximate surface area is 143 Å². The van der Waals surface area contributed by atoms with Gasteiger partial charge in [-0.05, 0) is 44.6 Å². The number of anilines is 1. The fourth-order valence-corrected chi connectivity index (χ4v) is 2.64. The van der Waals surface area contributed by atoms with Gasteiger partial charge in [0.15, 0.2) is 0 Å². The summed E-state index contributed by atoms with van der Waals surface area (Å²) in [6.07, 6.45) is -1.91. The predicted octanol–water partition coefficient (Wildman–Crippen LogP) is 3.52. The summed E-state index contributed by atoms with van der Waals surface area (Å²) in [5.41, 5.74) is 0.314. The summed E-state index contributed by atoms with van der Waals surface area (Å²) in [5, 5.41) is 9.44. The van der Waals surface area contributed by atoms with E-state index < -0.39 is 11.7 Å². The summed E-state index contributed by atoms with van der Waals surface area (Å²) in [4.78, 5) is 14.2. The van der Waals surface area contributed by atoms with Gasteiger partial charge in [-0.1, -0.05) is 12.1 Å². The lowest BCUT2D eigenvalue weighted by molar-refractivity contribution is -0.137. The molecule has 0 atom stereocenters. The van der Waals surface area contributed by atoms with Crippen molar-refractivity contribution < 1.29 is 18.0 Å². The Bertz CT molecular complexity index is 720. The molecule has 0 bridgehead atoms. The van der Waals surface area contributed by atoms with Gasteiger partial charge in [0.1, 0.15) is 5.82 Å². The van der Waals surface area contributed by atoms with Crippen LogP contribution in [0, 0.1) is 0 Å². The number of aromatic nitrogens is 2. The van der Waals surface area contributed by atoms with Crippen LogP contribution in [0.5, 0.6) is 0 Å². The van der Waals surface area contributed by atoms with Crippen molar-refractivity contribution in [3.63, 3.8) is 0 Å². The molecule has 1 aromatic carbocycles. The van der Waals surface area contributed by atoms with E-state index >= 15 is 0 Å². The average Bonchev–Trinajstić information content (AvgIpc) is 2.97. The summed E-state index contributed by atoms with van der Waals surface area (Å²) < 4.78 is 37.7. The molecule has 2 N–H and O–H groups in total. The Morgan fingerprint density at radius 2 is 1.96 bits per heavy atom. The predicted molar refractivity (Wildman–Crippen MR) is 87.9 cm³/mol. The number of hydrogen-bond donors (Lipinski definition) is 2. The molecule has 0 aliphatic carbocycles. The van der Waals surface area contributed by atoms with E-state index in [2.05, 4.69) is 20.4 Å². The minimum absolute atomic E-state index is 0.108. The van der Waals surface area contributed by atoms with Crippen molar-refractivity contribution in [2.75, 3.05) is 25.0 Å². The summed E-state index contributed by atoms with van der Waals surface area (Å²) >= 11 is 0. The highest BCUT2D eigenvalue weighted by molar-refractivity contribution is 5.90. The van der Waals surface area contributed by atoms with Crippen molar-refractivity contribution >= 4 is 11.7 Å². The number of benzene rings is 1. The maximum atomic E-state index is 12.6. The van der Waals surface area contributed by atoms with Crippen LogP contribution in [-0.4, -0.2) is 40.6 Å². The molecule has 3 rings (SSSR count). The van der Waals surface area contributed by atoms with E-state index in [0.717, 1.165) is 38.2 Å². The number of rotatable bonds is 6. The number of carbonyl (C=O) groups is 1. The van der Waals surface area contributed by atoms with Crippen LogP contribution in [0.1, 0.15) is 24.8 Å². The van der Waals surface area contributed by atoms with E-state index in [1.54, 1.807) is 6.07 Å². The largest absolute Gasteiger partial charge is 0.416 e. The van der Waals surface area contributed by atoms with Crippen LogP contribution in [0.3, 0.4) is 0 Å². The van der Waals surface area contributed by atoms with Crippen molar-refractivity contribution in [3.8, 4) is 11.3 Å². The van der Waals surface area contributed by atoms with Crippen LogP contribution in [0.2, 0.25) is 0 Å². The van der Waals surface area contributed by atoms with Gasteiger partial charge >= 0.3 is 6.18 Å². The normalized spacial score (nSPS) is 15.0. The smallest absolute Gasteiger partial charge is 0.311 e. The minimum atomic E-state index is -4.36. The first kappa shape index (κ1) is 17.5. The number of carbonyl (C=O) groups excluding carboxylic acids is 1. The number of aromatic amines is 1. The quantitative estimate of drug-likeness (QED) is 0.836. The van der Waals surface area contributed by atoms with E-state index in [-0.39, 0.29) is 5.91 Å². The first-order chi connectivity index (χ1) is 11.9. The Balaban J connectivity index is 1.53. The van der Waals surface area contributed by atoms with Crippen LogP contribution in [0.15, 0.2) is 30.3 Å². The number of H-pyrrole nitrogens is 1. The van der Waals surface area contributed by atoms with E-state index in [1.165, 1.54) is 18.6 Å². The third-order valence-corrected chi connectivity index (χ3v) is 4.19.